The molecular weight excluding hydrogens is 232 g/mol. The van der Waals surface area contributed by atoms with Crippen molar-refractivity contribution in [3.05, 3.63) is 40.3 Å². The van der Waals surface area contributed by atoms with Crippen LogP contribution < -0.4 is 5.73 Å². The fraction of sp³-hybridized carbons (Fsp3) is 0.417. The third kappa shape index (κ3) is 2.94. The van der Waals surface area contributed by atoms with Gasteiger partial charge in [0.1, 0.15) is 0 Å². The highest BCUT2D eigenvalue weighted by atomic mass is 32.1. The second kappa shape index (κ2) is 5.44. The average molecular weight is 250 g/mol. The summed E-state index contributed by atoms with van der Waals surface area (Å²) >= 11 is 1.71. The molecule has 92 valence electrons. The summed E-state index contributed by atoms with van der Waals surface area (Å²) in [5.41, 5.74) is 8.37. The first-order valence-corrected chi connectivity index (χ1v) is 6.55. The van der Waals surface area contributed by atoms with Gasteiger partial charge in [-0.1, -0.05) is 0 Å². The lowest BCUT2D eigenvalue weighted by Gasteiger charge is -2.25. The molecule has 5 heteroatoms. The molecule has 2 rings (SSSR count). The fourth-order valence-electron chi connectivity index (χ4n) is 1.99. The Morgan fingerprint density at radius 3 is 2.94 bits per heavy atom. The Morgan fingerprint density at radius 2 is 2.41 bits per heavy atom. The number of nitrogens with two attached hydrogens (primary N) is 1. The highest BCUT2D eigenvalue weighted by Gasteiger charge is 2.16. The molecule has 1 unspecified atom stereocenters. The Kier molecular flexibility index (Phi) is 3.93. The molecule has 0 aliphatic rings. The second-order valence-electron chi connectivity index (χ2n) is 4.25. The van der Waals surface area contributed by atoms with Crippen molar-refractivity contribution in [1.82, 2.24) is 14.7 Å². The van der Waals surface area contributed by atoms with Crippen LogP contribution in [-0.4, -0.2) is 28.3 Å². The van der Waals surface area contributed by atoms with Crippen molar-refractivity contribution in [3.63, 3.8) is 0 Å². The molecule has 0 aliphatic heterocycles. The molecule has 0 bridgehead atoms. The van der Waals surface area contributed by atoms with Crippen LogP contribution in [-0.2, 0) is 13.6 Å². The van der Waals surface area contributed by atoms with E-state index < -0.39 is 0 Å². The van der Waals surface area contributed by atoms with Gasteiger partial charge in [0.05, 0.1) is 6.20 Å². The molecule has 0 aromatic carbocycles. The minimum atomic E-state index is 0.279. The highest BCUT2D eigenvalue weighted by molar-refractivity contribution is 7.07. The topological polar surface area (TPSA) is 47.1 Å². The lowest BCUT2D eigenvalue weighted by Crippen LogP contribution is -2.29. The van der Waals surface area contributed by atoms with Crippen molar-refractivity contribution in [2.45, 2.75) is 12.6 Å². The molecule has 0 saturated carbocycles. The number of aryl methyl sites for hydroxylation is 1. The highest BCUT2D eigenvalue weighted by Crippen LogP contribution is 2.22. The third-order valence-corrected chi connectivity index (χ3v) is 3.58. The monoisotopic (exact) mass is 250 g/mol. The summed E-state index contributed by atoms with van der Waals surface area (Å²) in [7, 11) is 4.03. The molecule has 2 heterocycles. The van der Waals surface area contributed by atoms with E-state index >= 15 is 0 Å². The number of nitrogens with zero attached hydrogens (tertiary/aromatic N) is 3. The molecular formula is C12H18N4S. The Morgan fingerprint density at radius 1 is 1.59 bits per heavy atom. The van der Waals surface area contributed by atoms with Gasteiger partial charge in [0.25, 0.3) is 0 Å². The van der Waals surface area contributed by atoms with E-state index in [4.69, 9.17) is 5.73 Å². The molecule has 2 aromatic heterocycles. The first-order chi connectivity index (χ1) is 8.20. The lowest BCUT2D eigenvalue weighted by molar-refractivity contribution is 0.242. The van der Waals surface area contributed by atoms with Crippen LogP contribution in [0.5, 0.6) is 0 Å². The van der Waals surface area contributed by atoms with Gasteiger partial charge in [0.2, 0.25) is 0 Å². The summed E-state index contributed by atoms with van der Waals surface area (Å²) < 4.78 is 1.82. The van der Waals surface area contributed by atoms with Crippen LogP contribution in [0.1, 0.15) is 17.2 Å². The quantitative estimate of drug-likeness (QED) is 0.877. The van der Waals surface area contributed by atoms with Crippen LogP contribution in [0.2, 0.25) is 0 Å². The fourth-order valence-corrected chi connectivity index (χ4v) is 2.69. The second-order valence-corrected chi connectivity index (χ2v) is 5.03. The van der Waals surface area contributed by atoms with Crippen LogP contribution in [0, 0.1) is 0 Å². The standard InChI is InChI=1S/C12H18N4S/c1-15(7-10-6-14-16(2)8-10)12(5-13)11-3-4-17-9-11/h3-4,6,8-9,12H,5,7,13H2,1-2H3. The summed E-state index contributed by atoms with van der Waals surface area (Å²) in [5, 5.41) is 8.44. The maximum absolute atomic E-state index is 5.87. The van der Waals surface area contributed by atoms with Crippen molar-refractivity contribution < 1.29 is 0 Å². The molecule has 2 aromatic rings. The van der Waals surface area contributed by atoms with E-state index in [1.165, 1.54) is 11.1 Å². The summed E-state index contributed by atoms with van der Waals surface area (Å²) in [6.07, 6.45) is 3.94. The van der Waals surface area contributed by atoms with Gasteiger partial charge in [-0.2, -0.15) is 16.4 Å². The Hall–Kier alpha value is -1.17. The van der Waals surface area contributed by atoms with Gasteiger partial charge in [0.15, 0.2) is 0 Å². The number of thiophene rings is 1. The van der Waals surface area contributed by atoms with E-state index in [0.29, 0.717) is 6.54 Å². The van der Waals surface area contributed by atoms with Gasteiger partial charge in [-0.25, -0.2) is 0 Å². The minimum Gasteiger partial charge on any atom is -0.329 e. The van der Waals surface area contributed by atoms with E-state index in [1.54, 1.807) is 11.3 Å². The zero-order chi connectivity index (χ0) is 12.3. The molecule has 0 spiro atoms. The lowest BCUT2D eigenvalue weighted by atomic mass is 10.1. The predicted octanol–water partition coefficient (Wildman–Crippen LogP) is 1.61. The summed E-state index contributed by atoms with van der Waals surface area (Å²) in [6.45, 7) is 1.50. The molecule has 1 atom stereocenters. The first-order valence-electron chi connectivity index (χ1n) is 5.60. The van der Waals surface area contributed by atoms with E-state index in [2.05, 4.69) is 33.9 Å². The number of aromatic nitrogens is 2. The molecule has 17 heavy (non-hydrogen) atoms. The molecule has 4 nitrogen and oxygen atoms in total. The van der Waals surface area contributed by atoms with Crippen molar-refractivity contribution >= 4 is 11.3 Å². The zero-order valence-electron chi connectivity index (χ0n) is 10.2. The van der Waals surface area contributed by atoms with Crippen molar-refractivity contribution in [2.24, 2.45) is 12.8 Å². The average Bonchev–Trinajstić information content (AvgIpc) is 2.92. The van der Waals surface area contributed by atoms with Gasteiger partial charge in [-0.3, -0.25) is 9.58 Å². The number of hydrogen-bond donors (Lipinski definition) is 1. The van der Waals surface area contributed by atoms with Crippen molar-refractivity contribution in [3.8, 4) is 0 Å². The van der Waals surface area contributed by atoms with Crippen LogP contribution in [0.15, 0.2) is 29.2 Å². The third-order valence-electron chi connectivity index (χ3n) is 2.87. The molecule has 0 saturated heterocycles. The van der Waals surface area contributed by atoms with Crippen LogP contribution in [0.4, 0.5) is 0 Å². The van der Waals surface area contributed by atoms with Crippen LogP contribution in [0.25, 0.3) is 0 Å². The van der Waals surface area contributed by atoms with Gasteiger partial charge >= 0.3 is 0 Å². The summed E-state index contributed by atoms with van der Waals surface area (Å²) in [6, 6.07) is 2.42. The smallest absolute Gasteiger partial charge is 0.0534 e. The Bertz CT molecular complexity index is 449. The first kappa shape index (κ1) is 12.3. The summed E-state index contributed by atoms with van der Waals surface area (Å²) in [4.78, 5) is 2.26. The van der Waals surface area contributed by atoms with Crippen molar-refractivity contribution in [1.29, 1.82) is 0 Å². The molecule has 0 aliphatic carbocycles. The number of likely N-dealkylation sites (N-methyl/N-ethyl adjacent to an activating group) is 1. The van der Waals surface area contributed by atoms with E-state index in [9.17, 15) is 0 Å². The maximum Gasteiger partial charge on any atom is 0.0534 e. The van der Waals surface area contributed by atoms with Gasteiger partial charge in [0, 0.05) is 37.9 Å². The molecule has 0 amide bonds. The van der Waals surface area contributed by atoms with E-state index in [1.807, 2.05) is 24.1 Å². The Labute approximate surface area is 106 Å². The van der Waals surface area contributed by atoms with Crippen molar-refractivity contribution in [2.75, 3.05) is 13.6 Å². The van der Waals surface area contributed by atoms with E-state index in [0.717, 1.165) is 6.54 Å². The van der Waals surface area contributed by atoms with E-state index in [-0.39, 0.29) is 6.04 Å². The zero-order valence-corrected chi connectivity index (χ0v) is 11.0. The number of rotatable bonds is 5. The molecule has 0 fully saturated rings. The van der Waals surface area contributed by atoms with Gasteiger partial charge < -0.3 is 5.73 Å². The summed E-state index contributed by atoms with van der Waals surface area (Å²) in [5.74, 6) is 0. The minimum absolute atomic E-state index is 0.279. The molecule has 2 N–H and O–H groups in total. The van der Waals surface area contributed by atoms with Crippen LogP contribution >= 0.6 is 11.3 Å². The van der Waals surface area contributed by atoms with Gasteiger partial charge in [-0.15, -0.1) is 0 Å². The maximum atomic E-state index is 5.87. The van der Waals surface area contributed by atoms with Gasteiger partial charge in [-0.05, 0) is 29.4 Å². The largest absolute Gasteiger partial charge is 0.329 e. The molecule has 0 radical (unpaired) electrons. The normalized spacial score (nSPS) is 13.2. The number of hydrogen-bond acceptors (Lipinski definition) is 4. The Balaban J connectivity index is 2.05. The SMILES string of the molecule is CN(Cc1cnn(C)c1)C(CN)c1ccsc1. The van der Waals surface area contributed by atoms with Crippen LogP contribution in [0.3, 0.4) is 0 Å². The predicted molar refractivity (Wildman–Crippen MR) is 70.8 cm³/mol.